The Kier molecular flexibility index (Phi) is 5.42. The van der Waals surface area contributed by atoms with Gasteiger partial charge in [-0.1, -0.05) is 11.6 Å². The Labute approximate surface area is 170 Å². The number of aromatic nitrogens is 3. The van der Waals surface area contributed by atoms with Crippen LogP contribution >= 0.6 is 11.3 Å². The summed E-state index contributed by atoms with van der Waals surface area (Å²) >= 11 is 1.70. The van der Waals surface area contributed by atoms with E-state index in [0.717, 1.165) is 52.7 Å². The van der Waals surface area contributed by atoms with Crippen LogP contribution in [0.4, 0.5) is 0 Å². The van der Waals surface area contributed by atoms with E-state index in [2.05, 4.69) is 46.1 Å². The molecule has 0 radical (unpaired) electrons. The van der Waals surface area contributed by atoms with Crippen LogP contribution in [0, 0.1) is 13.8 Å². The van der Waals surface area contributed by atoms with E-state index >= 15 is 0 Å². The van der Waals surface area contributed by atoms with Crippen molar-refractivity contribution in [3.63, 3.8) is 0 Å². The van der Waals surface area contributed by atoms with Crippen LogP contribution in [0.25, 0.3) is 10.3 Å². The molecule has 1 atom stereocenters. The molecule has 4 rings (SSSR count). The molecule has 0 saturated heterocycles. The standard InChI is InChI=1S/C22H26N4OS/c1-14-11-18(13-21(23-14)27-4)12-17-7-9-26(10-8-17)15(2)19-5-6-20-22(25-19)24-16(3)28-20/h5-7,11,13,15H,8-10,12H2,1-4H3/t15-/m1/s1. The first-order chi connectivity index (χ1) is 13.5. The maximum Gasteiger partial charge on any atom is 0.213 e. The highest BCUT2D eigenvalue weighted by Crippen LogP contribution is 2.27. The molecule has 0 spiro atoms. The summed E-state index contributed by atoms with van der Waals surface area (Å²) in [6.45, 7) is 8.28. The first kappa shape index (κ1) is 19.0. The average Bonchev–Trinajstić information content (AvgIpc) is 3.06. The van der Waals surface area contributed by atoms with Crippen molar-refractivity contribution in [2.24, 2.45) is 0 Å². The minimum Gasteiger partial charge on any atom is -0.481 e. The summed E-state index contributed by atoms with van der Waals surface area (Å²) in [6, 6.07) is 8.78. The molecular formula is C22H26N4OS. The van der Waals surface area contributed by atoms with Crippen molar-refractivity contribution in [1.82, 2.24) is 19.9 Å². The van der Waals surface area contributed by atoms with E-state index in [0.29, 0.717) is 5.88 Å². The predicted molar refractivity (Wildman–Crippen MR) is 114 cm³/mol. The van der Waals surface area contributed by atoms with Crippen LogP contribution in [0.2, 0.25) is 0 Å². The van der Waals surface area contributed by atoms with Crippen LogP contribution in [0.3, 0.4) is 0 Å². The molecule has 3 aromatic rings. The summed E-state index contributed by atoms with van der Waals surface area (Å²) in [4.78, 5) is 16.2. The molecule has 0 aromatic carbocycles. The lowest BCUT2D eigenvalue weighted by Crippen LogP contribution is -2.32. The van der Waals surface area contributed by atoms with Crippen LogP contribution in [-0.2, 0) is 6.42 Å². The van der Waals surface area contributed by atoms with Gasteiger partial charge in [0.2, 0.25) is 5.88 Å². The van der Waals surface area contributed by atoms with Gasteiger partial charge in [0.05, 0.1) is 22.5 Å². The van der Waals surface area contributed by atoms with Gasteiger partial charge in [0.1, 0.15) is 0 Å². The van der Waals surface area contributed by atoms with E-state index in [-0.39, 0.29) is 6.04 Å². The summed E-state index contributed by atoms with van der Waals surface area (Å²) in [5, 5.41) is 1.07. The molecule has 5 nitrogen and oxygen atoms in total. The van der Waals surface area contributed by atoms with E-state index in [1.165, 1.54) is 11.1 Å². The number of thiazole rings is 1. The van der Waals surface area contributed by atoms with Gasteiger partial charge in [-0.25, -0.2) is 15.0 Å². The maximum atomic E-state index is 5.30. The van der Waals surface area contributed by atoms with Crippen molar-refractivity contribution >= 4 is 21.7 Å². The zero-order valence-electron chi connectivity index (χ0n) is 16.9. The molecule has 0 N–H and O–H groups in total. The summed E-state index contributed by atoms with van der Waals surface area (Å²) < 4.78 is 6.47. The molecule has 0 amide bonds. The lowest BCUT2D eigenvalue weighted by molar-refractivity contribution is 0.223. The Bertz CT molecular complexity index is 1030. The molecule has 0 fully saturated rings. The van der Waals surface area contributed by atoms with Crippen molar-refractivity contribution in [3.05, 3.63) is 57.9 Å². The molecule has 0 unspecified atom stereocenters. The number of ether oxygens (including phenoxy) is 1. The Hall–Kier alpha value is -2.31. The molecule has 0 saturated carbocycles. The monoisotopic (exact) mass is 394 g/mol. The number of fused-ring (bicyclic) bond motifs is 1. The van der Waals surface area contributed by atoms with Gasteiger partial charge in [0.25, 0.3) is 0 Å². The van der Waals surface area contributed by atoms with E-state index in [9.17, 15) is 0 Å². The van der Waals surface area contributed by atoms with E-state index in [1.54, 1.807) is 18.4 Å². The number of rotatable bonds is 5. The van der Waals surface area contributed by atoms with Gasteiger partial charge in [-0.2, -0.15) is 0 Å². The lowest BCUT2D eigenvalue weighted by Gasteiger charge is -2.31. The molecule has 3 aromatic heterocycles. The SMILES string of the molecule is COc1cc(CC2=CCN([C@H](C)c3ccc4sc(C)nc4n3)CC2)cc(C)n1. The van der Waals surface area contributed by atoms with Crippen molar-refractivity contribution in [3.8, 4) is 5.88 Å². The second-order valence-corrected chi connectivity index (χ2v) is 8.64. The van der Waals surface area contributed by atoms with Crippen LogP contribution in [-0.4, -0.2) is 40.1 Å². The largest absolute Gasteiger partial charge is 0.481 e. The first-order valence-electron chi connectivity index (χ1n) is 9.69. The van der Waals surface area contributed by atoms with Gasteiger partial charge in [-0.15, -0.1) is 11.3 Å². The lowest BCUT2D eigenvalue weighted by atomic mass is 9.98. The fraction of sp³-hybridized carbons (Fsp3) is 0.409. The van der Waals surface area contributed by atoms with Crippen molar-refractivity contribution in [1.29, 1.82) is 0 Å². The predicted octanol–water partition coefficient (Wildman–Crippen LogP) is 4.65. The highest BCUT2D eigenvalue weighted by Gasteiger charge is 2.20. The fourth-order valence-corrected chi connectivity index (χ4v) is 4.54. The number of hydrogen-bond acceptors (Lipinski definition) is 6. The summed E-state index contributed by atoms with van der Waals surface area (Å²) in [6.07, 6.45) is 4.41. The van der Waals surface area contributed by atoms with E-state index < -0.39 is 0 Å². The van der Waals surface area contributed by atoms with Crippen LogP contribution in [0.15, 0.2) is 35.9 Å². The van der Waals surface area contributed by atoms with Crippen LogP contribution < -0.4 is 4.74 Å². The summed E-state index contributed by atoms with van der Waals surface area (Å²) in [5.74, 6) is 0.695. The Morgan fingerprint density at radius 2 is 2.04 bits per heavy atom. The number of nitrogens with zero attached hydrogens (tertiary/aromatic N) is 4. The van der Waals surface area contributed by atoms with Gasteiger partial charge >= 0.3 is 0 Å². The molecule has 1 aliphatic rings. The Morgan fingerprint density at radius 1 is 1.18 bits per heavy atom. The third kappa shape index (κ3) is 4.08. The molecule has 4 heterocycles. The second-order valence-electron chi connectivity index (χ2n) is 7.41. The topological polar surface area (TPSA) is 51.1 Å². The number of pyridine rings is 2. The fourth-order valence-electron chi connectivity index (χ4n) is 3.78. The van der Waals surface area contributed by atoms with Gasteiger partial charge in [-0.05, 0) is 57.4 Å². The van der Waals surface area contributed by atoms with Crippen LogP contribution in [0.5, 0.6) is 5.88 Å². The highest BCUT2D eigenvalue weighted by atomic mass is 32.1. The number of aryl methyl sites for hydroxylation is 2. The first-order valence-corrected chi connectivity index (χ1v) is 10.5. The Balaban J connectivity index is 1.44. The van der Waals surface area contributed by atoms with Gasteiger partial charge in [0.15, 0.2) is 5.65 Å². The van der Waals surface area contributed by atoms with Crippen molar-refractivity contribution in [2.75, 3.05) is 20.2 Å². The normalized spacial score (nSPS) is 16.2. The number of methoxy groups -OCH3 is 1. The quantitative estimate of drug-likeness (QED) is 0.590. The molecule has 146 valence electrons. The minimum absolute atomic E-state index is 0.285. The average molecular weight is 395 g/mol. The van der Waals surface area contributed by atoms with Gasteiger partial charge < -0.3 is 4.74 Å². The Morgan fingerprint density at radius 3 is 2.79 bits per heavy atom. The zero-order valence-corrected chi connectivity index (χ0v) is 17.7. The van der Waals surface area contributed by atoms with Crippen LogP contribution in [0.1, 0.15) is 41.3 Å². The minimum atomic E-state index is 0.285. The number of hydrogen-bond donors (Lipinski definition) is 0. The second kappa shape index (κ2) is 7.97. The summed E-state index contributed by atoms with van der Waals surface area (Å²) in [7, 11) is 1.67. The zero-order chi connectivity index (χ0) is 19.7. The molecule has 0 bridgehead atoms. The molecule has 28 heavy (non-hydrogen) atoms. The third-order valence-electron chi connectivity index (χ3n) is 5.32. The van der Waals surface area contributed by atoms with E-state index in [1.807, 2.05) is 19.9 Å². The molecule has 6 heteroatoms. The maximum absolute atomic E-state index is 5.30. The molecule has 0 aliphatic carbocycles. The van der Waals surface area contributed by atoms with E-state index in [4.69, 9.17) is 9.72 Å². The molecule has 1 aliphatic heterocycles. The van der Waals surface area contributed by atoms with Gasteiger partial charge in [0, 0.05) is 30.9 Å². The highest BCUT2D eigenvalue weighted by molar-refractivity contribution is 7.18. The van der Waals surface area contributed by atoms with Crippen molar-refractivity contribution < 1.29 is 4.74 Å². The molecular weight excluding hydrogens is 368 g/mol. The van der Waals surface area contributed by atoms with Crippen molar-refractivity contribution in [2.45, 2.75) is 39.7 Å². The summed E-state index contributed by atoms with van der Waals surface area (Å²) in [5.41, 5.74) is 5.73. The third-order valence-corrected chi connectivity index (χ3v) is 6.25. The smallest absolute Gasteiger partial charge is 0.213 e. The van der Waals surface area contributed by atoms with Gasteiger partial charge in [-0.3, -0.25) is 4.90 Å².